The van der Waals surface area contributed by atoms with E-state index in [9.17, 15) is 4.79 Å². The van der Waals surface area contributed by atoms with E-state index >= 15 is 0 Å². The van der Waals surface area contributed by atoms with Gasteiger partial charge in [-0.05, 0) is 48.1 Å². The topological polar surface area (TPSA) is 38.8 Å². The first-order valence-electron chi connectivity index (χ1n) is 8.50. The maximum absolute atomic E-state index is 12.7. The summed E-state index contributed by atoms with van der Waals surface area (Å²) >= 11 is 0. The minimum absolute atomic E-state index is 0.187. The summed E-state index contributed by atoms with van der Waals surface area (Å²) in [5.74, 6) is 2.26. The average Bonchev–Trinajstić information content (AvgIpc) is 3.08. The molecule has 4 rings (SSSR count). The van der Waals surface area contributed by atoms with Gasteiger partial charge in [0.15, 0.2) is 11.5 Å². The van der Waals surface area contributed by atoms with Crippen molar-refractivity contribution in [2.24, 2.45) is 0 Å². The zero-order valence-electron chi connectivity index (χ0n) is 13.8. The molecule has 0 spiro atoms. The predicted octanol–water partition coefficient (Wildman–Crippen LogP) is 3.89. The van der Waals surface area contributed by atoms with Gasteiger partial charge in [-0.25, -0.2) is 0 Å². The number of hydrogen-bond donors (Lipinski definition) is 0. The third-order valence-corrected chi connectivity index (χ3v) is 4.91. The number of para-hydroxylation sites is 1. The molecule has 2 heterocycles. The van der Waals surface area contributed by atoms with Crippen molar-refractivity contribution in [3.63, 3.8) is 0 Å². The molecule has 1 unspecified atom stereocenters. The second-order valence-corrected chi connectivity index (χ2v) is 6.48. The lowest BCUT2D eigenvalue weighted by Crippen LogP contribution is -2.36. The van der Waals surface area contributed by atoms with Crippen molar-refractivity contribution in [1.29, 1.82) is 0 Å². The quantitative estimate of drug-likeness (QED) is 0.860. The van der Waals surface area contributed by atoms with Crippen LogP contribution in [0.1, 0.15) is 36.8 Å². The average molecular weight is 323 g/mol. The van der Waals surface area contributed by atoms with Crippen LogP contribution in [0.15, 0.2) is 42.5 Å². The molecule has 4 heteroatoms. The van der Waals surface area contributed by atoms with Crippen molar-refractivity contribution >= 4 is 11.6 Å². The fraction of sp³-hybridized carbons (Fsp3) is 0.350. The van der Waals surface area contributed by atoms with Crippen molar-refractivity contribution in [3.05, 3.63) is 53.6 Å². The van der Waals surface area contributed by atoms with Crippen LogP contribution in [0.3, 0.4) is 0 Å². The Balaban J connectivity index is 1.46. The van der Waals surface area contributed by atoms with Gasteiger partial charge in [-0.2, -0.15) is 0 Å². The molecule has 0 aromatic heterocycles. The Kier molecular flexibility index (Phi) is 3.89. The maximum atomic E-state index is 12.7. The zero-order chi connectivity index (χ0) is 16.5. The molecule has 0 aliphatic carbocycles. The lowest BCUT2D eigenvalue weighted by Gasteiger charge is -2.33. The highest BCUT2D eigenvalue weighted by atomic mass is 16.7. The minimum atomic E-state index is 0.187. The Morgan fingerprint density at radius 1 is 1.17 bits per heavy atom. The third kappa shape index (κ3) is 2.73. The Labute approximate surface area is 142 Å². The van der Waals surface area contributed by atoms with Crippen LogP contribution in [0.4, 0.5) is 5.69 Å². The minimum Gasteiger partial charge on any atom is -0.454 e. The molecule has 1 atom stereocenters. The lowest BCUT2D eigenvalue weighted by molar-refractivity contribution is -0.118. The van der Waals surface area contributed by atoms with Crippen LogP contribution >= 0.6 is 0 Å². The molecule has 0 N–H and O–H groups in total. The van der Waals surface area contributed by atoms with E-state index < -0.39 is 0 Å². The molecule has 1 amide bonds. The molecule has 2 aromatic carbocycles. The second kappa shape index (κ2) is 6.19. The van der Waals surface area contributed by atoms with E-state index in [-0.39, 0.29) is 12.7 Å². The molecule has 0 bridgehead atoms. The van der Waals surface area contributed by atoms with Gasteiger partial charge >= 0.3 is 0 Å². The van der Waals surface area contributed by atoms with E-state index in [1.54, 1.807) is 0 Å². The van der Waals surface area contributed by atoms with Crippen molar-refractivity contribution in [1.82, 2.24) is 0 Å². The summed E-state index contributed by atoms with van der Waals surface area (Å²) in [5.41, 5.74) is 3.46. The molecule has 2 aromatic rings. The molecule has 0 saturated heterocycles. The zero-order valence-corrected chi connectivity index (χ0v) is 13.8. The molecule has 2 aliphatic rings. The SMILES string of the molecule is CC1CCN(C(=O)CCc2ccc3c(c2)OCO3)c2ccccc21. The Hall–Kier alpha value is -2.49. The van der Waals surface area contributed by atoms with Crippen LogP contribution in [0.5, 0.6) is 11.5 Å². The summed E-state index contributed by atoms with van der Waals surface area (Å²) in [6.07, 6.45) is 2.23. The van der Waals surface area contributed by atoms with Crippen LogP contribution in [-0.2, 0) is 11.2 Å². The number of carbonyl (C=O) groups is 1. The third-order valence-electron chi connectivity index (χ3n) is 4.91. The number of benzene rings is 2. The van der Waals surface area contributed by atoms with Crippen molar-refractivity contribution in [2.75, 3.05) is 18.2 Å². The van der Waals surface area contributed by atoms with Crippen LogP contribution in [0.2, 0.25) is 0 Å². The molecule has 0 radical (unpaired) electrons. The first-order valence-corrected chi connectivity index (χ1v) is 8.50. The molecule has 0 fully saturated rings. The summed E-state index contributed by atoms with van der Waals surface area (Å²) in [7, 11) is 0. The molecular weight excluding hydrogens is 302 g/mol. The molecular formula is C20H21NO3. The molecule has 24 heavy (non-hydrogen) atoms. The van der Waals surface area contributed by atoms with E-state index in [1.165, 1.54) is 5.56 Å². The number of fused-ring (bicyclic) bond motifs is 2. The maximum Gasteiger partial charge on any atom is 0.231 e. The number of nitrogens with zero attached hydrogens (tertiary/aromatic N) is 1. The summed E-state index contributed by atoms with van der Waals surface area (Å²) in [5, 5.41) is 0. The van der Waals surface area contributed by atoms with E-state index in [0.717, 1.165) is 35.7 Å². The predicted molar refractivity (Wildman–Crippen MR) is 92.7 cm³/mol. The summed E-state index contributed by atoms with van der Waals surface area (Å²) in [4.78, 5) is 14.7. The van der Waals surface area contributed by atoms with Gasteiger partial charge in [0.05, 0.1) is 0 Å². The highest BCUT2D eigenvalue weighted by molar-refractivity contribution is 5.94. The lowest BCUT2D eigenvalue weighted by atomic mass is 9.91. The van der Waals surface area contributed by atoms with Gasteiger partial charge in [-0.3, -0.25) is 4.79 Å². The van der Waals surface area contributed by atoms with Crippen LogP contribution in [0.25, 0.3) is 0 Å². The fourth-order valence-corrected chi connectivity index (χ4v) is 3.49. The Morgan fingerprint density at radius 3 is 2.92 bits per heavy atom. The molecule has 0 saturated carbocycles. The fourth-order valence-electron chi connectivity index (χ4n) is 3.49. The molecule has 4 nitrogen and oxygen atoms in total. The van der Waals surface area contributed by atoms with Gasteiger partial charge in [0.25, 0.3) is 0 Å². The van der Waals surface area contributed by atoms with E-state index in [1.807, 2.05) is 29.2 Å². The van der Waals surface area contributed by atoms with Gasteiger partial charge in [0.1, 0.15) is 0 Å². The largest absolute Gasteiger partial charge is 0.454 e. The number of amides is 1. The smallest absolute Gasteiger partial charge is 0.231 e. The van der Waals surface area contributed by atoms with Crippen LogP contribution < -0.4 is 14.4 Å². The number of hydrogen-bond acceptors (Lipinski definition) is 3. The summed E-state index contributed by atoms with van der Waals surface area (Å²) < 4.78 is 10.7. The van der Waals surface area contributed by atoms with E-state index in [0.29, 0.717) is 18.8 Å². The first-order chi connectivity index (χ1) is 11.7. The Bertz CT molecular complexity index is 771. The van der Waals surface area contributed by atoms with Crippen molar-refractivity contribution in [2.45, 2.75) is 32.1 Å². The van der Waals surface area contributed by atoms with Crippen LogP contribution in [0, 0.1) is 0 Å². The number of ether oxygens (including phenoxy) is 2. The van der Waals surface area contributed by atoms with Crippen LogP contribution in [-0.4, -0.2) is 19.2 Å². The van der Waals surface area contributed by atoms with Gasteiger partial charge in [0.2, 0.25) is 12.7 Å². The summed E-state index contributed by atoms with van der Waals surface area (Å²) in [6, 6.07) is 14.2. The normalized spacial score (nSPS) is 18.4. The summed E-state index contributed by atoms with van der Waals surface area (Å²) in [6.45, 7) is 3.31. The highest BCUT2D eigenvalue weighted by Gasteiger charge is 2.25. The first kappa shape index (κ1) is 15.1. The number of rotatable bonds is 3. The van der Waals surface area contributed by atoms with Gasteiger partial charge in [-0.1, -0.05) is 31.2 Å². The van der Waals surface area contributed by atoms with E-state index in [2.05, 4.69) is 25.1 Å². The number of carbonyl (C=O) groups excluding carboxylic acids is 1. The molecule has 124 valence electrons. The number of aryl methyl sites for hydroxylation is 1. The van der Waals surface area contributed by atoms with Gasteiger partial charge < -0.3 is 14.4 Å². The van der Waals surface area contributed by atoms with Gasteiger partial charge in [-0.15, -0.1) is 0 Å². The Morgan fingerprint density at radius 2 is 2.00 bits per heavy atom. The van der Waals surface area contributed by atoms with Crippen molar-refractivity contribution < 1.29 is 14.3 Å². The monoisotopic (exact) mass is 323 g/mol. The highest BCUT2D eigenvalue weighted by Crippen LogP contribution is 2.35. The molecule has 2 aliphatic heterocycles. The number of anilines is 1. The van der Waals surface area contributed by atoms with Crippen molar-refractivity contribution in [3.8, 4) is 11.5 Å². The van der Waals surface area contributed by atoms with E-state index in [4.69, 9.17) is 9.47 Å². The standard InChI is InChI=1S/C20H21NO3/c1-14-10-11-21(17-5-3-2-4-16(14)17)20(22)9-7-15-6-8-18-19(12-15)24-13-23-18/h2-6,8,12,14H,7,9-11,13H2,1H3. The van der Waals surface area contributed by atoms with Gasteiger partial charge in [0, 0.05) is 18.7 Å². The second-order valence-electron chi connectivity index (χ2n) is 6.48.